The van der Waals surface area contributed by atoms with Crippen LogP contribution < -0.4 is 23.7 Å². The van der Waals surface area contributed by atoms with Gasteiger partial charge in [-0.25, -0.2) is 0 Å². The number of methoxy groups -OCH3 is 6. The van der Waals surface area contributed by atoms with Crippen LogP contribution in [-0.4, -0.2) is 59.8 Å². The molecule has 0 heterocycles. The molecule has 0 bridgehead atoms. The Morgan fingerprint density at radius 1 is 0.688 bits per heavy atom. The Bertz CT molecular complexity index is 1790. The molecule has 0 saturated carbocycles. The summed E-state index contributed by atoms with van der Waals surface area (Å²) in [6.45, 7) is 0. The van der Waals surface area contributed by atoms with Gasteiger partial charge in [-0.1, -0.05) is 42.5 Å². The lowest BCUT2D eigenvalue weighted by Crippen LogP contribution is -2.25. The van der Waals surface area contributed by atoms with Gasteiger partial charge in [0.15, 0.2) is 40.2 Å². The van der Waals surface area contributed by atoms with E-state index in [-0.39, 0.29) is 17.5 Å². The summed E-state index contributed by atoms with van der Waals surface area (Å²) >= 11 is 0. The van der Waals surface area contributed by atoms with Crippen LogP contribution in [0.3, 0.4) is 0 Å². The number of nitriles is 2. The van der Waals surface area contributed by atoms with E-state index in [0.717, 1.165) is 5.56 Å². The van der Waals surface area contributed by atoms with Crippen LogP contribution in [-0.2, 0) is 4.74 Å². The number of hydrogen-bond donors (Lipinski definition) is 0. The first-order chi connectivity index (χ1) is 23.2. The second-order valence-corrected chi connectivity index (χ2v) is 9.98. The molecule has 0 atom stereocenters. The predicted octanol–water partition coefficient (Wildman–Crippen LogP) is 6.57. The van der Waals surface area contributed by atoms with Crippen LogP contribution in [0.4, 0.5) is 0 Å². The number of hydrogen-bond acceptors (Lipinski definition) is 10. The normalized spacial score (nSPS) is 16.3. The van der Waals surface area contributed by atoms with E-state index in [1.54, 1.807) is 78.9 Å². The molecule has 0 aromatic heterocycles. The number of ether oxygens (including phenoxy) is 6. The lowest BCUT2D eigenvalue weighted by molar-refractivity contribution is 0.103. The minimum Gasteiger partial charge on any atom is -0.493 e. The second kappa shape index (κ2) is 17.6. The summed E-state index contributed by atoms with van der Waals surface area (Å²) in [4.78, 5) is 24.9. The lowest BCUT2D eigenvalue weighted by Gasteiger charge is -2.21. The zero-order chi connectivity index (χ0) is 35.1. The molecule has 10 nitrogen and oxygen atoms in total. The number of ketones is 2. The summed E-state index contributed by atoms with van der Waals surface area (Å²) in [7, 11) is 8.98. The van der Waals surface area contributed by atoms with Gasteiger partial charge >= 0.3 is 0 Å². The lowest BCUT2D eigenvalue weighted by atomic mass is 9.92. The third kappa shape index (κ3) is 8.79. The molecule has 48 heavy (non-hydrogen) atoms. The first-order valence-electron chi connectivity index (χ1n) is 14.5. The van der Waals surface area contributed by atoms with Gasteiger partial charge < -0.3 is 28.4 Å². The molecular formula is C38H36N2O8. The fourth-order valence-corrected chi connectivity index (χ4v) is 4.61. The number of benzene rings is 3. The van der Waals surface area contributed by atoms with Gasteiger partial charge in [0, 0.05) is 13.0 Å². The molecular weight excluding hydrogens is 612 g/mol. The standard InChI is InChI=1S/C19H17NO4.C19H19NO4/c1-22-17-11-9-15(18(23-2)19(17)24-3)16(21)10-8-13-4-6-14(12-20)7-5-13;1-22-17-6-4-5-15(18(17)23-2)16(21)8-7-14-9-11-19(13-20,24-3)12-10-14/h4-11H,1-3H3;4-12,14H,1-3H3/b10-8+;8-7+. The zero-order valence-corrected chi connectivity index (χ0v) is 27.6. The molecule has 0 fully saturated rings. The third-order valence-electron chi connectivity index (χ3n) is 7.22. The molecule has 0 N–H and O–H groups in total. The molecule has 0 radical (unpaired) electrons. The van der Waals surface area contributed by atoms with Crippen LogP contribution in [0.25, 0.3) is 6.08 Å². The highest BCUT2D eigenvalue weighted by Crippen LogP contribution is 2.40. The van der Waals surface area contributed by atoms with Crippen molar-refractivity contribution in [3.63, 3.8) is 0 Å². The van der Waals surface area contributed by atoms with Crippen LogP contribution >= 0.6 is 0 Å². The maximum absolute atomic E-state index is 12.5. The van der Waals surface area contributed by atoms with E-state index < -0.39 is 5.60 Å². The maximum Gasteiger partial charge on any atom is 0.204 e. The quantitative estimate of drug-likeness (QED) is 0.120. The summed E-state index contributed by atoms with van der Waals surface area (Å²) in [5.41, 5.74) is 1.17. The van der Waals surface area contributed by atoms with Crippen molar-refractivity contribution in [2.75, 3.05) is 42.7 Å². The Labute approximate surface area is 280 Å². The van der Waals surface area contributed by atoms with E-state index >= 15 is 0 Å². The SMILES string of the molecule is COc1ccc(C(=O)/C=C/c2ccc(C#N)cc2)c(OC)c1OC.COc1cccc(C(=O)/C=C/C2C=CC(C#N)(OC)C=C2)c1OC. The van der Waals surface area contributed by atoms with Gasteiger partial charge in [0.1, 0.15) is 6.07 Å². The molecule has 0 amide bonds. The number of para-hydroxylation sites is 1. The smallest absolute Gasteiger partial charge is 0.204 e. The van der Waals surface area contributed by atoms with E-state index in [1.807, 2.05) is 12.2 Å². The van der Waals surface area contributed by atoms with Gasteiger partial charge in [-0.05, 0) is 66.3 Å². The highest BCUT2D eigenvalue weighted by atomic mass is 16.5. The van der Waals surface area contributed by atoms with E-state index in [9.17, 15) is 9.59 Å². The van der Waals surface area contributed by atoms with Crippen molar-refractivity contribution >= 4 is 17.6 Å². The highest BCUT2D eigenvalue weighted by Gasteiger charge is 2.25. The molecule has 3 aromatic carbocycles. The Morgan fingerprint density at radius 3 is 1.81 bits per heavy atom. The van der Waals surface area contributed by atoms with Crippen LogP contribution in [0.15, 0.2) is 97.1 Å². The minimum absolute atomic E-state index is 0.0813. The van der Waals surface area contributed by atoms with E-state index in [4.69, 9.17) is 38.9 Å². The van der Waals surface area contributed by atoms with Crippen molar-refractivity contribution in [1.82, 2.24) is 0 Å². The Hall–Kier alpha value is -6.10. The molecule has 0 spiro atoms. The molecule has 0 saturated heterocycles. The first-order valence-corrected chi connectivity index (χ1v) is 14.5. The van der Waals surface area contributed by atoms with E-state index in [0.29, 0.717) is 45.4 Å². The third-order valence-corrected chi connectivity index (χ3v) is 7.22. The van der Waals surface area contributed by atoms with Gasteiger partial charge in [0.25, 0.3) is 0 Å². The molecule has 1 aliphatic carbocycles. The van der Waals surface area contributed by atoms with Gasteiger partial charge in [0.2, 0.25) is 5.75 Å². The molecule has 4 rings (SSSR count). The number of carbonyl (C=O) groups excluding carboxylic acids is 2. The van der Waals surface area contributed by atoms with Crippen LogP contribution in [0.2, 0.25) is 0 Å². The summed E-state index contributed by atoms with van der Waals surface area (Å²) in [5.74, 6) is 1.61. The maximum atomic E-state index is 12.5. The number of rotatable bonds is 12. The largest absolute Gasteiger partial charge is 0.493 e. The molecule has 246 valence electrons. The summed E-state index contributed by atoms with van der Waals surface area (Å²) in [5, 5.41) is 17.9. The molecule has 0 unspecified atom stereocenters. The Kier molecular flexibility index (Phi) is 13.3. The molecule has 1 aliphatic rings. The minimum atomic E-state index is -1.02. The molecule has 3 aromatic rings. The highest BCUT2D eigenvalue weighted by molar-refractivity contribution is 6.09. The van der Waals surface area contributed by atoms with Crippen molar-refractivity contribution < 1.29 is 38.0 Å². The summed E-state index contributed by atoms with van der Waals surface area (Å²) in [6, 6.07) is 19.5. The first kappa shape index (κ1) is 36.4. The topological polar surface area (TPSA) is 137 Å². The van der Waals surface area contributed by atoms with Crippen molar-refractivity contribution in [2.45, 2.75) is 5.60 Å². The van der Waals surface area contributed by atoms with Gasteiger partial charge in [-0.3, -0.25) is 9.59 Å². The fourth-order valence-electron chi connectivity index (χ4n) is 4.61. The van der Waals surface area contributed by atoms with Gasteiger partial charge in [-0.15, -0.1) is 0 Å². The van der Waals surface area contributed by atoms with Crippen LogP contribution in [0.5, 0.6) is 28.7 Å². The van der Waals surface area contributed by atoms with Crippen LogP contribution in [0.1, 0.15) is 31.8 Å². The molecule has 0 aliphatic heterocycles. The fraction of sp³-hybridized carbons (Fsp3) is 0.211. The zero-order valence-electron chi connectivity index (χ0n) is 27.6. The summed E-state index contributed by atoms with van der Waals surface area (Å²) < 4.78 is 31.5. The monoisotopic (exact) mass is 648 g/mol. The van der Waals surface area contributed by atoms with E-state index in [1.165, 1.54) is 54.8 Å². The van der Waals surface area contributed by atoms with Crippen molar-refractivity contribution in [1.29, 1.82) is 10.5 Å². The Morgan fingerprint density at radius 2 is 1.27 bits per heavy atom. The average molecular weight is 649 g/mol. The van der Waals surface area contributed by atoms with Gasteiger partial charge in [0.05, 0.1) is 58.3 Å². The van der Waals surface area contributed by atoms with Crippen molar-refractivity contribution in [3.8, 4) is 40.9 Å². The van der Waals surface area contributed by atoms with Gasteiger partial charge in [-0.2, -0.15) is 10.5 Å². The molecule has 10 heteroatoms. The summed E-state index contributed by atoms with van der Waals surface area (Å²) in [6.07, 6.45) is 13.4. The number of nitrogens with zero attached hydrogens (tertiary/aromatic N) is 2. The number of allylic oxidation sites excluding steroid dienone is 5. The second-order valence-electron chi connectivity index (χ2n) is 9.98. The average Bonchev–Trinajstić information content (AvgIpc) is 3.15. The van der Waals surface area contributed by atoms with Crippen molar-refractivity contribution in [2.24, 2.45) is 5.92 Å². The number of carbonyl (C=O) groups is 2. The van der Waals surface area contributed by atoms with E-state index in [2.05, 4.69) is 12.1 Å². The van der Waals surface area contributed by atoms with Crippen LogP contribution in [0, 0.1) is 28.6 Å². The Balaban J connectivity index is 0.000000260. The van der Waals surface area contributed by atoms with Crippen molar-refractivity contribution in [3.05, 3.63) is 119 Å². The predicted molar refractivity (Wildman–Crippen MR) is 181 cm³/mol.